The number of aromatic nitrogens is 2. The van der Waals surface area contributed by atoms with Gasteiger partial charge in [0, 0.05) is 11.4 Å². The summed E-state index contributed by atoms with van der Waals surface area (Å²) in [5.41, 5.74) is 0.693. The van der Waals surface area contributed by atoms with E-state index in [0.29, 0.717) is 11.8 Å². The van der Waals surface area contributed by atoms with Crippen molar-refractivity contribution in [2.45, 2.75) is 13.5 Å². The Balaban J connectivity index is 2.11. The maximum atomic E-state index is 13.2. The highest BCUT2D eigenvalue weighted by atomic mass is 32.1. The number of aryl methyl sites for hydroxylation is 1. The van der Waals surface area contributed by atoms with Crippen LogP contribution in [0.15, 0.2) is 11.4 Å². The zero-order valence-corrected chi connectivity index (χ0v) is 9.61. The second-order valence-corrected chi connectivity index (χ2v) is 4.37. The van der Waals surface area contributed by atoms with Crippen LogP contribution in [0.5, 0.6) is 0 Å². The van der Waals surface area contributed by atoms with Gasteiger partial charge in [0.25, 0.3) is 5.95 Å². The van der Waals surface area contributed by atoms with E-state index in [1.165, 1.54) is 11.3 Å². The maximum Gasteiger partial charge on any atom is 0.251 e. The first-order valence-corrected chi connectivity index (χ1v) is 5.60. The summed E-state index contributed by atoms with van der Waals surface area (Å²) in [5, 5.41) is 5.23. The zero-order valence-electron chi connectivity index (χ0n) is 8.80. The van der Waals surface area contributed by atoms with E-state index in [0.717, 1.165) is 5.01 Å². The van der Waals surface area contributed by atoms with Crippen LogP contribution in [0.4, 0.5) is 19.0 Å². The molecule has 0 saturated heterocycles. The molecule has 0 bridgehead atoms. The Morgan fingerprint density at radius 2 is 2.00 bits per heavy atom. The molecule has 0 aromatic carbocycles. The summed E-state index contributed by atoms with van der Waals surface area (Å²) in [7, 11) is 0. The van der Waals surface area contributed by atoms with E-state index < -0.39 is 17.6 Å². The SMILES string of the molecule is Cc1nc(CNc2nc(F)c(F)cc2F)cs1. The molecule has 0 atom stereocenters. The lowest BCUT2D eigenvalue weighted by atomic mass is 10.4. The number of anilines is 1. The average Bonchev–Trinajstić information content (AvgIpc) is 2.68. The molecule has 17 heavy (non-hydrogen) atoms. The Morgan fingerprint density at radius 1 is 1.24 bits per heavy atom. The Kier molecular flexibility index (Phi) is 3.28. The molecule has 0 fully saturated rings. The molecule has 2 rings (SSSR count). The van der Waals surface area contributed by atoms with Crippen LogP contribution in [0.3, 0.4) is 0 Å². The molecule has 2 aromatic rings. The first kappa shape index (κ1) is 11.8. The number of hydrogen-bond donors (Lipinski definition) is 1. The standard InChI is InChI=1S/C10H8F3N3S/c1-5-15-6(4-17-5)3-14-10-8(12)2-7(11)9(13)16-10/h2,4H,3H2,1H3,(H,14,16). The number of thiazole rings is 1. The first-order valence-electron chi connectivity index (χ1n) is 4.72. The van der Waals surface area contributed by atoms with Crippen molar-refractivity contribution < 1.29 is 13.2 Å². The van der Waals surface area contributed by atoms with Crippen LogP contribution in [0.2, 0.25) is 0 Å². The second-order valence-electron chi connectivity index (χ2n) is 3.30. The van der Waals surface area contributed by atoms with Crippen LogP contribution in [0, 0.1) is 24.5 Å². The number of halogens is 3. The van der Waals surface area contributed by atoms with Gasteiger partial charge in [-0.2, -0.15) is 9.37 Å². The second kappa shape index (κ2) is 4.70. The van der Waals surface area contributed by atoms with Crippen LogP contribution < -0.4 is 5.32 Å². The molecule has 0 aliphatic carbocycles. The van der Waals surface area contributed by atoms with Crippen molar-refractivity contribution in [2.24, 2.45) is 0 Å². The van der Waals surface area contributed by atoms with Crippen molar-refractivity contribution in [1.29, 1.82) is 0 Å². The molecule has 0 unspecified atom stereocenters. The fraction of sp³-hybridized carbons (Fsp3) is 0.200. The van der Waals surface area contributed by atoms with Gasteiger partial charge in [-0.1, -0.05) is 0 Å². The van der Waals surface area contributed by atoms with Crippen LogP contribution in [0.1, 0.15) is 10.7 Å². The Labute approximate surface area is 99.3 Å². The summed E-state index contributed by atoms with van der Waals surface area (Å²) in [5.74, 6) is -3.90. The molecular formula is C10H8F3N3S. The summed E-state index contributed by atoms with van der Waals surface area (Å²) in [6.07, 6.45) is 0. The minimum atomic E-state index is -1.33. The summed E-state index contributed by atoms with van der Waals surface area (Å²) in [6.45, 7) is 2.05. The molecule has 0 aliphatic heterocycles. The van der Waals surface area contributed by atoms with Crippen LogP contribution >= 0.6 is 11.3 Å². The highest BCUT2D eigenvalue weighted by molar-refractivity contribution is 7.09. The van der Waals surface area contributed by atoms with Crippen molar-refractivity contribution in [3.8, 4) is 0 Å². The molecule has 2 heterocycles. The van der Waals surface area contributed by atoms with Gasteiger partial charge in [0.05, 0.1) is 17.2 Å². The van der Waals surface area contributed by atoms with E-state index in [1.54, 1.807) is 5.38 Å². The van der Waals surface area contributed by atoms with E-state index >= 15 is 0 Å². The minimum absolute atomic E-state index is 0.208. The van der Waals surface area contributed by atoms with Gasteiger partial charge in [-0.3, -0.25) is 0 Å². The summed E-state index contributed by atoms with van der Waals surface area (Å²) >= 11 is 1.45. The monoisotopic (exact) mass is 259 g/mol. The van der Waals surface area contributed by atoms with Gasteiger partial charge in [-0.15, -0.1) is 11.3 Å². The van der Waals surface area contributed by atoms with Gasteiger partial charge in [0.15, 0.2) is 17.5 Å². The van der Waals surface area contributed by atoms with Crippen molar-refractivity contribution in [2.75, 3.05) is 5.32 Å². The third-order valence-electron chi connectivity index (χ3n) is 1.99. The molecule has 2 aromatic heterocycles. The predicted molar refractivity (Wildman–Crippen MR) is 58.3 cm³/mol. The molecule has 0 aliphatic rings. The van der Waals surface area contributed by atoms with Crippen LogP contribution in [-0.4, -0.2) is 9.97 Å². The number of nitrogens with one attached hydrogen (secondary N) is 1. The Hall–Kier alpha value is -1.63. The molecule has 0 amide bonds. The van der Waals surface area contributed by atoms with E-state index in [9.17, 15) is 13.2 Å². The van der Waals surface area contributed by atoms with Crippen molar-refractivity contribution in [3.63, 3.8) is 0 Å². The van der Waals surface area contributed by atoms with Crippen molar-refractivity contribution in [1.82, 2.24) is 9.97 Å². The smallest absolute Gasteiger partial charge is 0.251 e. The maximum absolute atomic E-state index is 13.2. The molecule has 3 nitrogen and oxygen atoms in total. The van der Waals surface area contributed by atoms with E-state index in [2.05, 4.69) is 15.3 Å². The van der Waals surface area contributed by atoms with E-state index in [-0.39, 0.29) is 12.4 Å². The largest absolute Gasteiger partial charge is 0.362 e. The minimum Gasteiger partial charge on any atom is -0.362 e. The van der Waals surface area contributed by atoms with E-state index in [1.807, 2.05) is 6.92 Å². The number of nitrogens with zero attached hydrogens (tertiary/aromatic N) is 2. The van der Waals surface area contributed by atoms with Gasteiger partial charge >= 0.3 is 0 Å². The Bertz CT molecular complexity index is 542. The topological polar surface area (TPSA) is 37.8 Å². The average molecular weight is 259 g/mol. The molecule has 1 N–H and O–H groups in total. The van der Waals surface area contributed by atoms with Crippen molar-refractivity contribution in [3.05, 3.63) is 39.7 Å². The van der Waals surface area contributed by atoms with Gasteiger partial charge < -0.3 is 5.32 Å². The van der Waals surface area contributed by atoms with Crippen LogP contribution in [-0.2, 0) is 6.54 Å². The lowest BCUT2D eigenvalue weighted by Gasteiger charge is -2.05. The van der Waals surface area contributed by atoms with Crippen LogP contribution in [0.25, 0.3) is 0 Å². The molecule has 0 saturated carbocycles. The normalized spacial score (nSPS) is 10.6. The molecular weight excluding hydrogens is 251 g/mol. The summed E-state index contributed by atoms with van der Waals surface area (Å²) in [6, 6.07) is 0.455. The third kappa shape index (κ3) is 2.73. The highest BCUT2D eigenvalue weighted by Crippen LogP contribution is 2.16. The first-order chi connectivity index (χ1) is 8.06. The quantitative estimate of drug-likeness (QED) is 0.861. The van der Waals surface area contributed by atoms with Gasteiger partial charge in [-0.25, -0.2) is 13.8 Å². The predicted octanol–water partition coefficient (Wildman–Crippen LogP) is 2.88. The summed E-state index contributed by atoms with van der Waals surface area (Å²) < 4.78 is 38.6. The molecule has 7 heteroatoms. The number of pyridine rings is 1. The lowest BCUT2D eigenvalue weighted by molar-refractivity contribution is 0.466. The Morgan fingerprint density at radius 3 is 2.65 bits per heavy atom. The number of rotatable bonds is 3. The fourth-order valence-electron chi connectivity index (χ4n) is 1.23. The molecule has 0 spiro atoms. The van der Waals surface area contributed by atoms with Gasteiger partial charge in [0.1, 0.15) is 0 Å². The lowest BCUT2D eigenvalue weighted by Crippen LogP contribution is -2.06. The van der Waals surface area contributed by atoms with Gasteiger partial charge in [0.2, 0.25) is 0 Å². The van der Waals surface area contributed by atoms with Gasteiger partial charge in [-0.05, 0) is 6.92 Å². The molecule has 90 valence electrons. The highest BCUT2D eigenvalue weighted by Gasteiger charge is 2.11. The van der Waals surface area contributed by atoms with E-state index in [4.69, 9.17) is 0 Å². The fourth-order valence-corrected chi connectivity index (χ4v) is 1.84. The zero-order chi connectivity index (χ0) is 12.4. The number of hydrogen-bond acceptors (Lipinski definition) is 4. The molecule has 0 radical (unpaired) electrons. The summed E-state index contributed by atoms with van der Waals surface area (Å²) in [4.78, 5) is 7.28. The van der Waals surface area contributed by atoms with Crippen molar-refractivity contribution >= 4 is 17.2 Å². The third-order valence-corrected chi connectivity index (χ3v) is 2.81.